The lowest BCUT2D eigenvalue weighted by Gasteiger charge is -2.24. The van der Waals surface area contributed by atoms with Crippen molar-refractivity contribution < 1.29 is 26.4 Å². The maximum Gasteiger partial charge on any atom is 0.416 e. The normalized spacial score (nSPS) is 19.7. The Labute approximate surface area is 243 Å². The number of carbonyl (C=O) groups excluding carboxylic acids is 1. The number of hydrogen-bond acceptors (Lipinski definition) is 6. The van der Waals surface area contributed by atoms with Gasteiger partial charge in [0.1, 0.15) is 0 Å². The second-order valence-corrected chi connectivity index (χ2v) is 12.7. The van der Waals surface area contributed by atoms with Crippen LogP contribution in [0.1, 0.15) is 40.7 Å². The van der Waals surface area contributed by atoms with Crippen LogP contribution in [0.15, 0.2) is 54.5 Å². The fraction of sp³-hybridized carbons (Fsp3) is 0.448. The summed E-state index contributed by atoms with van der Waals surface area (Å²) in [5.41, 5.74) is 2.01. The second kappa shape index (κ2) is 12.4. The number of benzene rings is 2. The lowest BCUT2D eigenvalue weighted by Crippen LogP contribution is -2.32. The van der Waals surface area contributed by atoms with Crippen molar-refractivity contribution in [1.82, 2.24) is 24.5 Å². The second-order valence-electron chi connectivity index (χ2n) is 11.0. The van der Waals surface area contributed by atoms with Gasteiger partial charge in [-0.3, -0.25) is 4.79 Å². The Morgan fingerprint density at radius 1 is 1.14 bits per heavy atom. The minimum absolute atomic E-state index is 0.0108. The van der Waals surface area contributed by atoms with Crippen molar-refractivity contribution in [3.8, 4) is 0 Å². The third-order valence-electron chi connectivity index (χ3n) is 7.93. The summed E-state index contributed by atoms with van der Waals surface area (Å²) in [7, 11) is -3.52. The molecule has 5 rings (SSSR count). The van der Waals surface area contributed by atoms with Crippen molar-refractivity contribution in [2.75, 3.05) is 38.0 Å². The number of hydrogen-bond donors (Lipinski definition) is 3. The van der Waals surface area contributed by atoms with Gasteiger partial charge in [0.2, 0.25) is 16.0 Å². The van der Waals surface area contributed by atoms with E-state index in [1.54, 1.807) is 17.0 Å². The number of sulfonamides is 1. The van der Waals surface area contributed by atoms with Gasteiger partial charge in [0, 0.05) is 43.7 Å². The van der Waals surface area contributed by atoms with Gasteiger partial charge in [0.25, 0.3) is 5.91 Å². The summed E-state index contributed by atoms with van der Waals surface area (Å²) in [4.78, 5) is 19.9. The Kier molecular flexibility index (Phi) is 8.90. The highest BCUT2D eigenvalue weighted by molar-refractivity contribution is 7.92. The number of amides is 1. The van der Waals surface area contributed by atoms with Crippen LogP contribution in [0.2, 0.25) is 0 Å². The number of anilines is 1. The van der Waals surface area contributed by atoms with Gasteiger partial charge in [0.15, 0.2) is 0 Å². The molecule has 1 aromatic heterocycles. The van der Waals surface area contributed by atoms with Crippen molar-refractivity contribution in [2.24, 2.45) is 11.8 Å². The fourth-order valence-corrected chi connectivity index (χ4v) is 6.16. The molecule has 0 bridgehead atoms. The zero-order valence-electron chi connectivity index (χ0n) is 23.2. The highest BCUT2D eigenvalue weighted by Gasteiger charge is 2.30. The van der Waals surface area contributed by atoms with E-state index in [0.717, 1.165) is 49.0 Å². The molecule has 2 aliphatic rings. The van der Waals surface area contributed by atoms with Crippen LogP contribution in [0, 0.1) is 11.8 Å². The Morgan fingerprint density at radius 2 is 1.93 bits per heavy atom. The quantitative estimate of drug-likeness (QED) is 0.320. The number of nitrogens with one attached hydrogen (secondary N) is 3. The number of carbonyl (C=O) groups is 1. The molecule has 1 amide bonds. The van der Waals surface area contributed by atoms with Gasteiger partial charge < -0.3 is 20.1 Å². The maximum atomic E-state index is 13.3. The maximum absolute atomic E-state index is 13.3. The van der Waals surface area contributed by atoms with Crippen LogP contribution < -0.4 is 15.4 Å². The van der Waals surface area contributed by atoms with Crippen LogP contribution in [0.5, 0.6) is 0 Å². The first-order valence-electron chi connectivity index (χ1n) is 14.0. The van der Waals surface area contributed by atoms with Crippen molar-refractivity contribution in [1.29, 1.82) is 0 Å². The van der Waals surface area contributed by atoms with Crippen molar-refractivity contribution in [3.63, 3.8) is 0 Å². The minimum Gasteiger partial charge on any atom is -0.352 e. The highest BCUT2D eigenvalue weighted by atomic mass is 32.2. The summed E-state index contributed by atoms with van der Waals surface area (Å²) in [6, 6.07) is 10.5. The van der Waals surface area contributed by atoms with E-state index in [0.29, 0.717) is 61.1 Å². The van der Waals surface area contributed by atoms with Crippen molar-refractivity contribution >= 4 is 32.9 Å². The summed E-state index contributed by atoms with van der Waals surface area (Å²) in [5.74, 6) is 0.855. The first-order valence-corrected chi connectivity index (χ1v) is 15.6. The largest absolute Gasteiger partial charge is 0.416 e. The fourth-order valence-electron chi connectivity index (χ4n) is 5.57. The van der Waals surface area contributed by atoms with Crippen LogP contribution in [-0.4, -0.2) is 61.5 Å². The molecule has 9 nitrogen and oxygen atoms in total. The van der Waals surface area contributed by atoms with Crippen LogP contribution >= 0.6 is 0 Å². The van der Waals surface area contributed by atoms with E-state index in [1.165, 1.54) is 12.1 Å². The van der Waals surface area contributed by atoms with Gasteiger partial charge in [-0.1, -0.05) is 18.7 Å². The third kappa shape index (κ3) is 7.13. The lowest BCUT2D eigenvalue weighted by molar-refractivity contribution is -0.137. The van der Waals surface area contributed by atoms with Crippen molar-refractivity contribution in [2.45, 2.75) is 38.5 Å². The first-order chi connectivity index (χ1) is 20.0. The Bertz CT molecular complexity index is 1530. The molecule has 0 saturated carbocycles. The molecule has 3 aromatic rings. The molecule has 2 atom stereocenters. The average Bonchev–Trinajstić information content (AvgIpc) is 3.59. The molecule has 42 heavy (non-hydrogen) atoms. The molecule has 0 aliphatic carbocycles. The monoisotopic (exact) mass is 604 g/mol. The Balaban J connectivity index is 1.33. The number of fused-ring (bicyclic) bond motifs is 1. The number of likely N-dealkylation sites (tertiary alicyclic amines) is 1. The lowest BCUT2D eigenvalue weighted by atomic mass is 9.99. The number of imidazole rings is 1. The number of piperidine rings is 1. The summed E-state index contributed by atoms with van der Waals surface area (Å²) in [6.45, 7) is 7.38. The zero-order chi connectivity index (χ0) is 29.9. The summed E-state index contributed by atoms with van der Waals surface area (Å²) in [6.07, 6.45) is -1.55. The number of aromatic nitrogens is 2. The number of halogens is 3. The van der Waals surface area contributed by atoms with Gasteiger partial charge in [-0.05, 0) is 80.1 Å². The minimum atomic E-state index is -4.39. The Morgan fingerprint density at radius 3 is 2.62 bits per heavy atom. The van der Waals surface area contributed by atoms with E-state index in [-0.39, 0.29) is 18.4 Å². The van der Waals surface area contributed by atoms with Crippen LogP contribution in [0.3, 0.4) is 0 Å². The van der Waals surface area contributed by atoms with Crippen molar-refractivity contribution in [3.05, 3.63) is 71.1 Å². The summed E-state index contributed by atoms with van der Waals surface area (Å²) >= 11 is 0. The average molecular weight is 605 g/mol. The van der Waals surface area contributed by atoms with Gasteiger partial charge in [-0.25, -0.2) is 18.1 Å². The van der Waals surface area contributed by atoms with Gasteiger partial charge in [0.05, 0.1) is 16.6 Å². The van der Waals surface area contributed by atoms with Crippen LogP contribution in [0.25, 0.3) is 11.0 Å². The molecule has 2 aromatic carbocycles. The topological polar surface area (TPSA) is 108 Å². The number of rotatable bonds is 10. The molecular weight excluding hydrogens is 569 g/mol. The van der Waals surface area contributed by atoms with E-state index >= 15 is 0 Å². The van der Waals surface area contributed by atoms with E-state index in [9.17, 15) is 26.4 Å². The smallest absolute Gasteiger partial charge is 0.352 e. The Hall–Kier alpha value is -3.42. The van der Waals surface area contributed by atoms with Gasteiger partial charge in [-0.15, -0.1) is 0 Å². The predicted octanol–water partition coefficient (Wildman–Crippen LogP) is 4.19. The molecule has 2 saturated heterocycles. The standard InChI is InChI=1S/C29H35F3N6O3S/c1-2-42(40,41)35-17-22-11-13-37(18-22)27(39)23-7-10-26-25(14-23)36-28(38(26)19-21-4-3-12-33-15-21)34-16-20-5-8-24(9-6-20)29(30,31)32/h2,5-10,14,21-22,33,35H,1,3-4,11-13,15-19H2,(H,34,36)/t21?,22-/m1/s1. The molecule has 3 heterocycles. The molecule has 0 spiro atoms. The molecule has 226 valence electrons. The SMILES string of the molecule is C=CS(=O)(=O)NC[C@H]1CCN(C(=O)c2ccc3c(c2)nc(NCc2ccc(C(F)(F)F)cc2)n3CC2CCCNC2)C1. The third-order valence-corrected chi connectivity index (χ3v) is 8.94. The first kappa shape index (κ1) is 30.1. The van der Waals surface area contributed by atoms with Gasteiger partial charge in [-0.2, -0.15) is 13.2 Å². The van der Waals surface area contributed by atoms with E-state index in [1.807, 2.05) is 6.07 Å². The summed E-state index contributed by atoms with van der Waals surface area (Å²) in [5, 5.41) is 7.60. The predicted molar refractivity (Wildman–Crippen MR) is 155 cm³/mol. The van der Waals surface area contributed by atoms with Crippen LogP contribution in [-0.2, 0) is 29.3 Å². The van der Waals surface area contributed by atoms with Crippen LogP contribution in [0.4, 0.5) is 19.1 Å². The number of alkyl halides is 3. The number of nitrogens with zero attached hydrogens (tertiary/aromatic N) is 3. The molecule has 0 radical (unpaired) electrons. The zero-order valence-corrected chi connectivity index (χ0v) is 24.0. The molecule has 3 N–H and O–H groups in total. The highest BCUT2D eigenvalue weighted by Crippen LogP contribution is 2.30. The molecule has 13 heteroatoms. The van der Waals surface area contributed by atoms with E-state index in [2.05, 4.69) is 26.5 Å². The molecular formula is C29H35F3N6O3S. The molecule has 1 unspecified atom stereocenters. The molecule has 2 aliphatic heterocycles. The summed E-state index contributed by atoms with van der Waals surface area (Å²) < 4.78 is 66.9. The molecule has 2 fully saturated rings. The van der Waals surface area contributed by atoms with E-state index < -0.39 is 21.8 Å². The van der Waals surface area contributed by atoms with Gasteiger partial charge >= 0.3 is 6.18 Å². The van der Waals surface area contributed by atoms with E-state index in [4.69, 9.17) is 4.98 Å².